The Balaban J connectivity index is 2.24. The van der Waals surface area contributed by atoms with Gasteiger partial charge in [-0.3, -0.25) is 9.59 Å². The zero-order valence-electron chi connectivity index (χ0n) is 13.7. The number of hydrogen-bond donors (Lipinski definition) is 1. The number of carbonyl (C=O) groups is 3. The SMILES string of the molecule is CC(=O)CCC(C)CCCOC(=O)C1CCCCC1C(=O)O. The molecule has 1 rings (SSSR count). The van der Waals surface area contributed by atoms with Crippen LogP contribution >= 0.6 is 0 Å². The fourth-order valence-electron chi connectivity index (χ4n) is 3.01. The van der Waals surface area contributed by atoms with Crippen LogP contribution in [0.4, 0.5) is 0 Å². The van der Waals surface area contributed by atoms with Crippen LogP contribution < -0.4 is 0 Å². The molecule has 3 unspecified atom stereocenters. The van der Waals surface area contributed by atoms with Crippen molar-refractivity contribution in [2.75, 3.05) is 6.61 Å². The normalized spacial score (nSPS) is 22.8. The number of Topliss-reactive ketones (excluding diaryl/α,β-unsaturated/α-hetero) is 1. The zero-order valence-corrected chi connectivity index (χ0v) is 13.7. The van der Waals surface area contributed by atoms with Crippen molar-refractivity contribution in [1.82, 2.24) is 0 Å². The molecule has 22 heavy (non-hydrogen) atoms. The summed E-state index contributed by atoms with van der Waals surface area (Å²) in [6, 6.07) is 0. The highest BCUT2D eigenvalue weighted by atomic mass is 16.5. The van der Waals surface area contributed by atoms with Crippen LogP contribution in [0.25, 0.3) is 0 Å². The van der Waals surface area contributed by atoms with Crippen molar-refractivity contribution in [1.29, 1.82) is 0 Å². The summed E-state index contributed by atoms with van der Waals surface area (Å²) in [5, 5.41) is 9.17. The lowest BCUT2D eigenvalue weighted by Crippen LogP contribution is -2.34. The smallest absolute Gasteiger partial charge is 0.309 e. The molecule has 1 N–H and O–H groups in total. The van der Waals surface area contributed by atoms with Gasteiger partial charge in [0.25, 0.3) is 0 Å². The first-order valence-electron chi connectivity index (χ1n) is 8.30. The monoisotopic (exact) mass is 312 g/mol. The summed E-state index contributed by atoms with van der Waals surface area (Å²) in [5.74, 6) is -1.68. The Morgan fingerprint density at radius 2 is 1.77 bits per heavy atom. The minimum absolute atomic E-state index is 0.204. The number of ether oxygens (including phenoxy) is 1. The van der Waals surface area contributed by atoms with E-state index in [0.717, 1.165) is 32.1 Å². The van der Waals surface area contributed by atoms with E-state index in [2.05, 4.69) is 6.92 Å². The van der Waals surface area contributed by atoms with Gasteiger partial charge in [-0.05, 0) is 44.9 Å². The Bertz CT molecular complexity index is 391. The van der Waals surface area contributed by atoms with Gasteiger partial charge in [0.1, 0.15) is 5.78 Å². The predicted molar refractivity (Wildman–Crippen MR) is 82.4 cm³/mol. The first kappa shape index (κ1) is 18.7. The molecule has 0 heterocycles. The molecule has 5 heteroatoms. The second-order valence-corrected chi connectivity index (χ2v) is 6.49. The maximum atomic E-state index is 12.0. The van der Waals surface area contributed by atoms with Gasteiger partial charge in [0.05, 0.1) is 18.4 Å². The van der Waals surface area contributed by atoms with Crippen molar-refractivity contribution >= 4 is 17.7 Å². The van der Waals surface area contributed by atoms with Crippen LogP contribution in [-0.2, 0) is 19.1 Å². The fraction of sp³-hybridized carbons (Fsp3) is 0.824. The molecule has 0 spiro atoms. The van der Waals surface area contributed by atoms with Crippen molar-refractivity contribution in [3.8, 4) is 0 Å². The lowest BCUT2D eigenvalue weighted by Gasteiger charge is -2.26. The van der Waals surface area contributed by atoms with E-state index in [1.54, 1.807) is 6.92 Å². The third kappa shape index (κ3) is 6.58. The summed E-state index contributed by atoms with van der Waals surface area (Å²) in [7, 11) is 0. The molecule has 0 amide bonds. The summed E-state index contributed by atoms with van der Waals surface area (Å²) in [6.45, 7) is 4.02. The molecule has 3 atom stereocenters. The van der Waals surface area contributed by atoms with Gasteiger partial charge < -0.3 is 14.6 Å². The van der Waals surface area contributed by atoms with Gasteiger partial charge in [0.15, 0.2) is 0 Å². The molecular formula is C17H28O5. The average Bonchev–Trinajstić information content (AvgIpc) is 2.49. The van der Waals surface area contributed by atoms with Crippen molar-refractivity contribution in [3.05, 3.63) is 0 Å². The van der Waals surface area contributed by atoms with Crippen LogP contribution in [0.1, 0.15) is 65.2 Å². The maximum Gasteiger partial charge on any atom is 0.309 e. The molecule has 0 aromatic heterocycles. The predicted octanol–water partition coefficient (Wildman–Crippen LogP) is 3.21. The molecule has 0 aliphatic heterocycles. The molecule has 0 radical (unpaired) electrons. The third-order valence-corrected chi connectivity index (χ3v) is 4.46. The summed E-state index contributed by atoms with van der Waals surface area (Å²) in [6.07, 6.45) is 6.08. The molecular weight excluding hydrogens is 284 g/mol. The van der Waals surface area contributed by atoms with Gasteiger partial charge in [0.2, 0.25) is 0 Å². The third-order valence-electron chi connectivity index (χ3n) is 4.46. The Morgan fingerprint density at radius 3 is 2.36 bits per heavy atom. The van der Waals surface area contributed by atoms with Crippen molar-refractivity contribution in [2.45, 2.75) is 65.2 Å². The van der Waals surface area contributed by atoms with E-state index in [9.17, 15) is 19.5 Å². The van der Waals surface area contributed by atoms with Crippen molar-refractivity contribution in [3.63, 3.8) is 0 Å². The number of carboxylic acids is 1. The van der Waals surface area contributed by atoms with E-state index in [-0.39, 0.29) is 11.8 Å². The van der Waals surface area contributed by atoms with E-state index in [1.165, 1.54) is 0 Å². The summed E-state index contributed by atoms with van der Waals surface area (Å²) < 4.78 is 5.27. The minimum atomic E-state index is -0.889. The Hall–Kier alpha value is -1.39. The number of carboxylic acid groups (broad SMARTS) is 1. The molecule has 5 nitrogen and oxygen atoms in total. The topological polar surface area (TPSA) is 80.7 Å². The fourth-order valence-corrected chi connectivity index (χ4v) is 3.01. The van der Waals surface area contributed by atoms with Gasteiger partial charge in [-0.15, -0.1) is 0 Å². The number of hydrogen-bond acceptors (Lipinski definition) is 4. The lowest BCUT2D eigenvalue weighted by molar-refractivity contribution is -0.159. The summed E-state index contributed by atoms with van der Waals surface area (Å²) in [4.78, 5) is 34.1. The van der Waals surface area contributed by atoms with Gasteiger partial charge in [0, 0.05) is 6.42 Å². The molecule has 1 aliphatic carbocycles. The number of esters is 1. The quantitative estimate of drug-likeness (QED) is 0.522. The van der Waals surface area contributed by atoms with E-state index in [1.807, 2.05) is 0 Å². The van der Waals surface area contributed by atoms with Crippen LogP contribution in [0.5, 0.6) is 0 Å². The lowest BCUT2D eigenvalue weighted by atomic mass is 9.79. The maximum absolute atomic E-state index is 12.0. The van der Waals surface area contributed by atoms with Gasteiger partial charge in [-0.1, -0.05) is 19.8 Å². The number of ketones is 1. The molecule has 0 saturated heterocycles. The first-order valence-corrected chi connectivity index (χ1v) is 8.30. The molecule has 1 aliphatic rings. The Labute approximate surface area is 132 Å². The standard InChI is InChI=1S/C17H28O5/c1-12(9-10-13(2)18)6-5-11-22-17(21)15-8-4-3-7-14(15)16(19)20/h12,14-15H,3-11H2,1-2H3,(H,19,20). The molecule has 0 bridgehead atoms. The van der Waals surface area contributed by atoms with Crippen LogP contribution in [0, 0.1) is 17.8 Å². The van der Waals surface area contributed by atoms with Crippen molar-refractivity contribution < 1.29 is 24.2 Å². The Kier molecular flexibility index (Phi) is 8.13. The summed E-state index contributed by atoms with van der Waals surface area (Å²) in [5.41, 5.74) is 0. The largest absolute Gasteiger partial charge is 0.481 e. The average molecular weight is 312 g/mol. The molecule has 1 fully saturated rings. The van der Waals surface area contributed by atoms with Crippen LogP contribution in [0.3, 0.4) is 0 Å². The van der Waals surface area contributed by atoms with Gasteiger partial charge in [-0.25, -0.2) is 0 Å². The van der Waals surface area contributed by atoms with Gasteiger partial charge in [-0.2, -0.15) is 0 Å². The Morgan fingerprint density at radius 1 is 1.14 bits per heavy atom. The zero-order chi connectivity index (χ0) is 16.5. The second-order valence-electron chi connectivity index (χ2n) is 6.49. The first-order chi connectivity index (χ1) is 10.4. The number of aliphatic carboxylic acids is 1. The highest BCUT2D eigenvalue weighted by Gasteiger charge is 2.36. The molecule has 0 aromatic carbocycles. The summed E-state index contributed by atoms with van der Waals surface area (Å²) >= 11 is 0. The van der Waals surface area contributed by atoms with Crippen LogP contribution in [0.15, 0.2) is 0 Å². The second kappa shape index (κ2) is 9.59. The van der Waals surface area contributed by atoms with Crippen LogP contribution in [0.2, 0.25) is 0 Å². The van der Waals surface area contributed by atoms with E-state index < -0.39 is 17.8 Å². The van der Waals surface area contributed by atoms with Gasteiger partial charge >= 0.3 is 11.9 Å². The van der Waals surface area contributed by atoms with E-state index in [4.69, 9.17) is 4.74 Å². The van der Waals surface area contributed by atoms with Crippen LogP contribution in [-0.4, -0.2) is 29.4 Å². The minimum Gasteiger partial charge on any atom is -0.481 e. The molecule has 126 valence electrons. The van der Waals surface area contributed by atoms with E-state index in [0.29, 0.717) is 31.8 Å². The molecule has 0 aromatic rings. The van der Waals surface area contributed by atoms with Crippen molar-refractivity contribution in [2.24, 2.45) is 17.8 Å². The number of rotatable bonds is 9. The number of carbonyl (C=O) groups excluding carboxylic acids is 2. The highest BCUT2D eigenvalue weighted by molar-refractivity contribution is 5.81. The van der Waals surface area contributed by atoms with E-state index >= 15 is 0 Å². The molecule has 1 saturated carbocycles. The highest BCUT2D eigenvalue weighted by Crippen LogP contribution is 2.31.